The van der Waals surface area contributed by atoms with E-state index < -0.39 is 16.3 Å². The molecule has 0 heterocycles. The SMILES string of the molecule is CC(C)(CNc1cc(Br)ccc1[N+](=O)[O-])C(=O)O. The number of hydrogen-bond donors (Lipinski definition) is 2. The summed E-state index contributed by atoms with van der Waals surface area (Å²) in [5.74, 6) is -0.965. The third-order valence-corrected chi connectivity index (χ3v) is 2.95. The molecular weight excluding hydrogens is 304 g/mol. The highest BCUT2D eigenvalue weighted by atomic mass is 79.9. The molecule has 1 aromatic carbocycles. The van der Waals surface area contributed by atoms with E-state index in [-0.39, 0.29) is 12.2 Å². The number of carbonyl (C=O) groups is 1. The molecule has 0 aliphatic rings. The first-order valence-electron chi connectivity index (χ1n) is 5.15. The Kier molecular flexibility index (Phi) is 4.28. The molecule has 0 saturated heterocycles. The molecule has 18 heavy (non-hydrogen) atoms. The van der Waals surface area contributed by atoms with Gasteiger partial charge in [-0.15, -0.1) is 0 Å². The summed E-state index contributed by atoms with van der Waals surface area (Å²) in [5, 5.41) is 22.6. The number of hydrogen-bond acceptors (Lipinski definition) is 4. The van der Waals surface area contributed by atoms with Gasteiger partial charge in [-0.25, -0.2) is 0 Å². The van der Waals surface area contributed by atoms with E-state index in [2.05, 4.69) is 21.2 Å². The molecule has 0 aromatic heterocycles. The van der Waals surface area contributed by atoms with Gasteiger partial charge in [-0.3, -0.25) is 14.9 Å². The largest absolute Gasteiger partial charge is 0.481 e. The van der Waals surface area contributed by atoms with Gasteiger partial charge in [0.1, 0.15) is 5.69 Å². The van der Waals surface area contributed by atoms with Gasteiger partial charge in [-0.2, -0.15) is 0 Å². The van der Waals surface area contributed by atoms with E-state index in [4.69, 9.17) is 5.11 Å². The summed E-state index contributed by atoms with van der Waals surface area (Å²) in [5.41, 5.74) is -0.793. The molecule has 1 rings (SSSR count). The molecule has 2 N–H and O–H groups in total. The third kappa shape index (κ3) is 3.43. The zero-order chi connectivity index (χ0) is 13.9. The van der Waals surface area contributed by atoms with Crippen molar-refractivity contribution in [3.63, 3.8) is 0 Å². The van der Waals surface area contributed by atoms with E-state index in [9.17, 15) is 14.9 Å². The van der Waals surface area contributed by atoms with Crippen LogP contribution in [0.4, 0.5) is 11.4 Å². The van der Waals surface area contributed by atoms with Gasteiger partial charge in [0.15, 0.2) is 0 Å². The fraction of sp³-hybridized carbons (Fsp3) is 0.364. The second kappa shape index (κ2) is 5.34. The zero-order valence-corrected chi connectivity index (χ0v) is 11.5. The van der Waals surface area contributed by atoms with Gasteiger partial charge in [-0.1, -0.05) is 15.9 Å². The van der Waals surface area contributed by atoms with Gasteiger partial charge in [0, 0.05) is 17.1 Å². The standard InChI is InChI=1S/C11H13BrN2O4/c1-11(2,10(15)16)6-13-8-5-7(12)3-4-9(8)14(17)18/h3-5,13H,6H2,1-2H3,(H,15,16). The summed E-state index contributed by atoms with van der Waals surface area (Å²) < 4.78 is 0.684. The van der Waals surface area contributed by atoms with Crippen molar-refractivity contribution in [3.05, 3.63) is 32.8 Å². The van der Waals surface area contributed by atoms with Crippen LogP contribution in [-0.2, 0) is 4.79 Å². The molecule has 0 bridgehead atoms. The molecule has 0 radical (unpaired) electrons. The van der Waals surface area contributed by atoms with Crippen LogP contribution < -0.4 is 5.32 Å². The first-order valence-corrected chi connectivity index (χ1v) is 5.94. The predicted octanol–water partition coefficient (Wildman–Crippen LogP) is 2.88. The molecule has 98 valence electrons. The summed E-state index contributed by atoms with van der Waals surface area (Å²) in [6, 6.07) is 4.47. The van der Waals surface area contributed by atoms with Crippen molar-refractivity contribution in [1.82, 2.24) is 0 Å². The molecule has 0 unspecified atom stereocenters. The normalized spacial score (nSPS) is 11.1. The van der Waals surface area contributed by atoms with Crippen molar-refractivity contribution in [2.75, 3.05) is 11.9 Å². The van der Waals surface area contributed by atoms with Crippen molar-refractivity contribution in [2.45, 2.75) is 13.8 Å². The minimum Gasteiger partial charge on any atom is -0.481 e. The molecule has 0 spiro atoms. The molecular formula is C11H13BrN2O4. The topological polar surface area (TPSA) is 92.5 Å². The number of nitrogens with one attached hydrogen (secondary N) is 1. The molecule has 0 amide bonds. The van der Waals surface area contributed by atoms with Gasteiger partial charge < -0.3 is 10.4 Å². The maximum Gasteiger partial charge on any atom is 0.310 e. The number of nitro benzene ring substituents is 1. The summed E-state index contributed by atoms with van der Waals surface area (Å²) in [4.78, 5) is 21.3. The Bertz CT molecular complexity index is 488. The fourth-order valence-electron chi connectivity index (χ4n) is 1.20. The van der Waals surface area contributed by atoms with Crippen LogP contribution in [0.3, 0.4) is 0 Å². The Balaban J connectivity index is 2.94. The predicted molar refractivity (Wildman–Crippen MR) is 70.7 cm³/mol. The van der Waals surface area contributed by atoms with E-state index in [0.29, 0.717) is 10.2 Å². The van der Waals surface area contributed by atoms with Crippen molar-refractivity contribution in [1.29, 1.82) is 0 Å². The van der Waals surface area contributed by atoms with Crippen LogP contribution in [0.2, 0.25) is 0 Å². The number of rotatable bonds is 5. The maximum absolute atomic E-state index is 10.9. The Morgan fingerprint density at radius 1 is 1.56 bits per heavy atom. The van der Waals surface area contributed by atoms with Crippen LogP contribution in [-0.4, -0.2) is 22.5 Å². The molecule has 7 heteroatoms. The number of carboxylic acids is 1. The summed E-state index contributed by atoms with van der Waals surface area (Å²) in [6.45, 7) is 3.19. The molecule has 0 saturated carbocycles. The zero-order valence-electron chi connectivity index (χ0n) is 9.94. The lowest BCUT2D eigenvalue weighted by molar-refractivity contribution is -0.384. The quantitative estimate of drug-likeness (QED) is 0.643. The van der Waals surface area contributed by atoms with Crippen molar-refractivity contribution < 1.29 is 14.8 Å². The van der Waals surface area contributed by atoms with Gasteiger partial charge in [0.2, 0.25) is 0 Å². The van der Waals surface area contributed by atoms with Crippen molar-refractivity contribution in [3.8, 4) is 0 Å². The lowest BCUT2D eigenvalue weighted by Crippen LogP contribution is -2.31. The first kappa shape index (κ1) is 14.4. The number of nitro groups is 1. The third-order valence-electron chi connectivity index (χ3n) is 2.46. The monoisotopic (exact) mass is 316 g/mol. The number of aliphatic carboxylic acids is 1. The second-order valence-corrected chi connectivity index (χ2v) is 5.38. The smallest absolute Gasteiger partial charge is 0.310 e. The van der Waals surface area contributed by atoms with Gasteiger partial charge >= 0.3 is 5.97 Å². The van der Waals surface area contributed by atoms with E-state index in [1.165, 1.54) is 6.07 Å². The van der Waals surface area contributed by atoms with Crippen LogP contribution in [0.5, 0.6) is 0 Å². The van der Waals surface area contributed by atoms with Crippen LogP contribution in [0.15, 0.2) is 22.7 Å². The van der Waals surface area contributed by atoms with Gasteiger partial charge in [0.05, 0.1) is 10.3 Å². The highest BCUT2D eigenvalue weighted by molar-refractivity contribution is 9.10. The summed E-state index contributed by atoms with van der Waals surface area (Å²) in [6.07, 6.45) is 0. The van der Waals surface area contributed by atoms with Crippen LogP contribution in [0.25, 0.3) is 0 Å². The van der Waals surface area contributed by atoms with Crippen molar-refractivity contribution >= 4 is 33.3 Å². The number of halogens is 1. The second-order valence-electron chi connectivity index (χ2n) is 4.46. The number of anilines is 1. The number of carboxylic acid groups (broad SMARTS) is 1. The highest BCUT2D eigenvalue weighted by Gasteiger charge is 2.27. The van der Waals surface area contributed by atoms with Gasteiger partial charge in [0.25, 0.3) is 5.69 Å². The van der Waals surface area contributed by atoms with E-state index in [1.807, 2.05) is 0 Å². The minimum absolute atomic E-state index is 0.0839. The highest BCUT2D eigenvalue weighted by Crippen LogP contribution is 2.29. The molecule has 0 aliphatic heterocycles. The number of nitrogens with zero attached hydrogens (tertiary/aromatic N) is 1. The molecule has 6 nitrogen and oxygen atoms in total. The summed E-state index contributed by atoms with van der Waals surface area (Å²) in [7, 11) is 0. The number of benzene rings is 1. The van der Waals surface area contributed by atoms with Gasteiger partial charge in [-0.05, 0) is 26.0 Å². The van der Waals surface area contributed by atoms with Crippen molar-refractivity contribution in [2.24, 2.45) is 5.41 Å². The Morgan fingerprint density at radius 2 is 2.17 bits per heavy atom. The lowest BCUT2D eigenvalue weighted by atomic mass is 9.94. The lowest BCUT2D eigenvalue weighted by Gasteiger charge is -2.20. The maximum atomic E-state index is 10.9. The minimum atomic E-state index is -1.00. The Hall–Kier alpha value is -1.63. The van der Waals surface area contributed by atoms with Crippen LogP contribution >= 0.6 is 15.9 Å². The molecule has 0 atom stereocenters. The van der Waals surface area contributed by atoms with E-state index >= 15 is 0 Å². The molecule has 0 fully saturated rings. The summed E-state index contributed by atoms with van der Waals surface area (Å²) >= 11 is 3.22. The van der Waals surface area contributed by atoms with Crippen LogP contribution in [0, 0.1) is 15.5 Å². The average Bonchev–Trinajstić information content (AvgIpc) is 2.26. The fourth-order valence-corrected chi connectivity index (χ4v) is 1.56. The molecule has 0 aliphatic carbocycles. The van der Waals surface area contributed by atoms with Crippen LogP contribution in [0.1, 0.15) is 13.8 Å². The average molecular weight is 317 g/mol. The van der Waals surface area contributed by atoms with E-state index in [1.54, 1.807) is 26.0 Å². The molecule has 1 aromatic rings. The first-order chi connectivity index (χ1) is 8.24. The van der Waals surface area contributed by atoms with E-state index in [0.717, 1.165) is 0 Å². The Morgan fingerprint density at radius 3 is 2.67 bits per heavy atom. The Labute approximate surface area is 112 Å².